The summed E-state index contributed by atoms with van der Waals surface area (Å²) in [5, 5.41) is 0. The topological polar surface area (TPSA) is 18.5 Å². The molecular weight excluding hydrogens is 212 g/mol. The molecule has 0 saturated heterocycles. The summed E-state index contributed by atoms with van der Waals surface area (Å²) in [4.78, 5) is 0. The van der Waals surface area contributed by atoms with E-state index in [1.807, 2.05) is 54.6 Å². The van der Waals surface area contributed by atoms with Crippen molar-refractivity contribution in [3.8, 4) is 17.2 Å². The molecule has 0 spiro atoms. The molecule has 2 aromatic rings. The fourth-order valence-corrected chi connectivity index (χ4v) is 1.96. The largest absolute Gasteiger partial charge is 0.496 e. The van der Waals surface area contributed by atoms with Crippen molar-refractivity contribution in [1.82, 2.24) is 0 Å². The normalized spacial score (nSPS) is 12.1. The molecule has 3 rings (SSSR count). The highest BCUT2D eigenvalue weighted by atomic mass is 16.5. The van der Waals surface area contributed by atoms with Crippen molar-refractivity contribution in [2.45, 2.75) is 0 Å². The lowest BCUT2D eigenvalue weighted by atomic mass is 10.1. The van der Waals surface area contributed by atoms with Gasteiger partial charge in [0, 0.05) is 5.56 Å². The van der Waals surface area contributed by atoms with Gasteiger partial charge in [-0.05, 0) is 24.3 Å². The van der Waals surface area contributed by atoms with Gasteiger partial charge in [-0.1, -0.05) is 30.3 Å². The summed E-state index contributed by atoms with van der Waals surface area (Å²) in [6.07, 6.45) is 4.07. The van der Waals surface area contributed by atoms with E-state index in [-0.39, 0.29) is 0 Å². The zero-order valence-corrected chi connectivity index (χ0v) is 9.51. The van der Waals surface area contributed by atoms with Crippen molar-refractivity contribution in [3.05, 3.63) is 53.6 Å². The minimum Gasteiger partial charge on any atom is -0.496 e. The van der Waals surface area contributed by atoms with Gasteiger partial charge in [-0.15, -0.1) is 0 Å². The second-order valence-corrected chi connectivity index (χ2v) is 3.85. The van der Waals surface area contributed by atoms with Gasteiger partial charge in [-0.2, -0.15) is 0 Å². The average molecular weight is 224 g/mol. The van der Waals surface area contributed by atoms with Gasteiger partial charge in [0.25, 0.3) is 0 Å². The van der Waals surface area contributed by atoms with Crippen LogP contribution in [0.2, 0.25) is 0 Å². The number of methoxy groups -OCH3 is 1. The zero-order valence-electron chi connectivity index (χ0n) is 9.51. The van der Waals surface area contributed by atoms with Gasteiger partial charge in [0.2, 0.25) is 0 Å². The minimum atomic E-state index is 0.825. The molecule has 1 heterocycles. The van der Waals surface area contributed by atoms with E-state index in [9.17, 15) is 0 Å². The Morgan fingerprint density at radius 3 is 2.59 bits per heavy atom. The molecule has 0 aliphatic carbocycles. The summed E-state index contributed by atoms with van der Waals surface area (Å²) in [5.74, 6) is 2.52. The summed E-state index contributed by atoms with van der Waals surface area (Å²) in [6.45, 7) is 0. The monoisotopic (exact) mass is 224 g/mol. The molecule has 84 valence electrons. The van der Waals surface area contributed by atoms with Crippen LogP contribution in [0.5, 0.6) is 17.2 Å². The molecule has 0 fully saturated rings. The Bertz CT molecular complexity index is 585. The fraction of sp³-hybridized carbons (Fsp3) is 0.0667. The number of hydrogen-bond acceptors (Lipinski definition) is 2. The fourth-order valence-electron chi connectivity index (χ4n) is 1.96. The Kier molecular flexibility index (Phi) is 2.33. The van der Waals surface area contributed by atoms with E-state index < -0.39 is 0 Å². The maximum Gasteiger partial charge on any atom is 0.138 e. The van der Waals surface area contributed by atoms with Crippen LogP contribution in [0, 0.1) is 0 Å². The van der Waals surface area contributed by atoms with Crippen LogP contribution in [0.1, 0.15) is 11.1 Å². The Morgan fingerprint density at radius 1 is 0.882 bits per heavy atom. The van der Waals surface area contributed by atoms with Crippen LogP contribution in [-0.2, 0) is 0 Å². The molecule has 2 aromatic carbocycles. The summed E-state index contributed by atoms with van der Waals surface area (Å²) < 4.78 is 11.2. The van der Waals surface area contributed by atoms with Crippen LogP contribution in [0.4, 0.5) is 0 Å². The number of benzene rings is 2. The zero-order chi connectivity index (χ0) is 11.7. The van der Waals surface area contributed by atoms with E-state index in [1.165, 1.54) is 0 Å². The van der Waals surface area contributed by atoms with Crippen molar-refractivity contribution in [1.29, 1.82) is 0 Å². The highest BCUT2D eigenvalue weighted by molar-refractivity contribution is 5.80. The summed E-state index contributed by atoms with van der Waals surface area (Å²) >= 11 is 0. The standard InChI is InChI=1S/C15H12O2/c1-16-14-7-4-8-15-12(14)10-9-11-5-2-3-6-13(11)17-15/h2-10H,1H3. The van der Waals surface area contributed by atoms with Crippen molar-refractivity contribution in [2.24, 2.45) is 0 Å². The van der Waals surface area contributed by atoms with E-state index in [4.69, 9.17) is 9.47 Å². The van der Waals surface area contributed by atoms with E-state index >= 15 is 0 Å². The van der Waals surface area contributed by atoms with E-state index in [1.54, 1.807) is 7.11 Å². The molecule has 1 aliphatic rings. The molecule has 2 heteroatoms. The summed E-state index contributed by atoms with van der Waals surface area (Å²) in [6, 6.07) is 13.8. The van der Waals surface area contributed by atoms with Crippen LogP contribution in [0.15, 0.2) is 42.5 Å². The van der Waals surface area contributed by atoms with Crippen LogP contribution in [-0.4, -0.2) is 7.11 Å². The molecule has 0 amide bonds. The molecule has 0 radical (unpaired) electrons. The van der Waals surface area contributed by atoms with Crippen molar-refractivity contribution in [2.75, 3.05) is 7.11 Å². The molecule has 2 nitrogen and oxygen atoms in total. The van der Waals surface area contributed by atoms with Gasteiger partial charge in [0.1, 0.15) is 17.2 Å². The number of para-hydroxylation sites is 1. The van der Waals surface area contributed by atoms with Crippen molar-refractivity contribution in [3.63, 3.8) is 0 Å². The molecule has 0 bridgehead atoms. The first-order chi connectivity index (χ1) is 8.38. The van der Waals surface area contributed by atoms with Crippen molar-refractivity contribution >= 4 is 12.2 Å². The van der Waals surface area contributed by atoms with Gasteiger partial charge < -0.3 is 9.47 Å². The van der Waals surface area contributed by atoms with E-state index in [0.717, 1.165) is 28.4 Å². The van der Waals surface area contributed by atoms with Crippen LogP contribution in [0.25, 0.3) is 12.2 Å². The van der Waals surface area contributed by atoms with E-state index in [0.29, 0.717) is 0 Å². The SMILES string of the molecule is COc1cccc2c1C=Cc1ccccc1O2. The average Bonchev–Trinajstić information content (AvgIpc) is 2.57. The molecule has 17 heavy (non-hydrogen) atoms. The lowest BCUT2D eigenvalue weighted by molar-refractivity contribution is 0.408. The predicted octanol–water partition coefficient (Wildman–Crippen LogP) is 3.97. The quantitative estimate of drug-likeness (QED) is 0.622. The van der Waals surface area contributed by atoms with Gasteiger partial charge in [0.05, 0.1) is 12.7 Å². The lowest BCUT2D eigenvalue weighted by Gasteiger charge is -2.10. The molecule has 0 N–H and O–H groups in total. The molecular formula is C15H12O2. The van der Waals surface area contributed by atoms with Crippen LogP contribution >= 0.6 is 0 Å². The molecule has 0 atom stereocenters. The number of rotatable bonds is 1. The highest BCUT2D eigenvalue weighted by Crippen LogP contribution is 2.37. The van der Waals surface area contributed by atoms with E-state index in [2.05, 4.69) is 0 Å². The Balaban J connectivity index is 2.18. The smallest absolute Gasteiger partial charge is 0.138 e. The van der Waals surface area contributed by atoms with Gasteiger partial charge in [-0.25, -0.2) is 0 Å². The molecule has 1 aliphatic heterocycles. The Morgan fingerprint density at radius 2 is 1.71 bits per heavy atom. The van der Waals surface area contributed by atoms with Crippen molar-refractivity contribution < 1.29 is 9.47 Å². The Hall–Kier alpha value is -2.22. The highest BCUT2D eigenvalue weighted by Gasteiger charge is 2.13. The maximum atomic E-state index is 5.90. The first-order valence-corrected chi connectivity index (χ1v) is 5.50. The number of hydrogen-bond donors (Lipinski definition) is 0. The van der Waals surface area contributed by atoms with Gasteiger partial charge in [0.15, 0.2) is 0 Å². The summed E-state index contributed by atoms with van der Waals surface area (Å²) in [5.41, 5.74) is 2.05. The minimum absolute atomic E-state index is 0.825. The lowest BCUT2D eigenvalue weighted by Crippen LogP contribution is -1.90. The third-order valence-corrected chi connectivity index (χ3v) is 2.81. The third kappa shape index (κ3) is 1.68. The predicted molar refractivity (Wildman–Crippen MR) is 68.4 cm³/mol. The summed E-state index contributed by atoms with van der Waals surface area (Å²) in [7, 11) is 1.67. The number of fused-ring (bicyclic) bond motifs is 2. The van der Waals surface area contributed by atoms with Crippen LogP contribution < -0.4 is 9.47 Å². The first kappa shape index (κ1) is 9.97. The second-order valence-electron chi connectivity index (χ2n) is 3.85. The molecule has 0 aromatic heterocycles. The maximum absolute atomic E-state index is 5.90. The third-order valence-electron chi connectivity index (χ3n) is 2.81. The van der Waals surface area contributed by atoms with Gasteiger partial charge in [-0.3, -0.25) is 0 Å². The molecule has 0 unspecified atom stereocenters. The number of ether oxygens (including phenoxy) is 2. The Labute approximate surface area is 100 Å². The molecule has 0 saturated carbocycles. The second kappa shape index (κ2) is 3.98. The van der Waals surface area contributed by atoms with Crippen LogP contribution in [0.3, 0.4) is 0 Å². The first-order valence-electron chi connectivity index (χ1n) is 5.50. The van der Waals surface area contributed by atoms with Gasteiger partial charge >= 0.3 is 0 Å².